The molecule has 19 heavy (non-hydrogen) atoms. The summed E-state index contributed by atoms with van der Waals surface area (Å²) in [6, 6.07) is 11.0. The molecule has 0 saturated carbocycles. The lowest BCUT2D eigenvalue weighted by Gasteiger charge is -2.12. The number of carbonyl (C=O) groups excluding carboxylic acids is 1. The molecule has 4 nitrogen and oxygen atoms in total. The van der Waals surface area contributed by atoms with Crippen molar-refractivity contribution in [3.05, 3.63) is 53.5 Å². The number of rotatable bonds is 3. The molecule has 0 bridgehead atoms. The third-order valence-electron chi connectivity index (χ3n) is 2.84. The van der Waals surface area contributed by atoms with E-state index in [1.54, 1.807) is 0 Å². The van der Waals surface area contributed by atoms with Crippen molar-refractivity contribution in [2.24, 2.45) is 0 Å². The first-order valence-electron chi connectivity index (χ1n) is 6.25. The maximum atomic E-state index is 11.8. The van der Waals surface area contributed by atoms with Crippen LogP contribution in [0.1, 0.15) is 30.0 Å². The zero-order valence-electron chi connectivity index (χ0n) is 11.4. The van der Waals surface area contributed by atoms with Gasteiger partial charge < -0.3 is 15.1 Å². The number of anilines is 1. The van der Waals surface area contributed by atoms with Gasteiger partial charge in [-0.05, 0) is 45.0 Å². The number of benzene rings is 1. The Kier molecular flexibility index (Phi) is 3.90. The summed E-state index contributed by atoms with van der Waals surface area (Å²) < 4.78 is 5.47. The van der Waals surface area contributed by atoms with Crippen LogP contribution in [-0.4, -0.2) is 6.03 Å². The van der Waals surface area contributed by atoms with E-state index in [2.05, 4.69) is 10.6 Å². The molecule has 0 aliphatic carbocycles. The topological polar surface area (TPSA) is 54.3 Å². The van der Waals surface area contributed by atoms with Crippen molar-refractivity contribution in [2.75, 3.05) is 5.32 Å². The Labute approximate surface area is 112 Å². The fourth-order valence-electron chi connectivity index (χ4n) is 1.76. The van der Waals surface area contributed by atoms with Crippen molar-refractivity contribution < 1.29 is 9.21 Å². The van der Waals surface area contributed by atoms with Crippen LogP contribution in [0.3, 0.4) is 0 Å². The highest BCUT2D eigenvalue weighted by Gasteiger charge is 2.12. The number of hydrogen-bond acceptors (Lipinski definition) is 2. The molecule has 2 aromatic rings. The fourth-order valence-corrected chi connectivity index (χ4v) is 1.76. The summed E-state index contributed by atoms with van der Waals surface area (Å²) in [6.07, 6.45) is 0. The predicted octanol–water partition coefficient (Wildman–Crippen LogP) is 3.78. The first-order chi connectivity index (χ1) is 9.04. The highest BCUT2D eigenvalue weighted by atomic mass is 16.3. The molecule has 0 saturated heterocycles. The molecule has 1 heterocycles. The van der Waals surface area contributed by atoms with Gasteiger partial charge >= 0.3 is 6.03 Å². The van der Waals surface area contributed by atoms with Gasteiger partial charge in [-0.25, -0.2) is 4.79 Å². The van der Waals surface area contributed by atoms with E-state index in [9.17, 15) is 4.79 Å². The Balaban J connectivity index is 1.92. The summed E-state index contributed by atoms with van der Waals surface area (Å²) in [4.78, 5) is 11.8. The maximum absolute atomic E-state index is 11.8. The van der Waals surface area contributed by atoms with Crippen molar-refractivity contribution >= 4 is 11.7 Å². The minimum absolute atomic E-state index is 0.167. The third kappa shape index (κ3) is 3.61. The molecule has 1 aromatic carbocycles. The first kappa shape index (κ1) is 13.2. The third-order valence-corrected chi connectivity index (χ3v) is 2.84. The fraction of sp³-hybridized carbons (Fsp3) is 0.267. The van der Waals surface area contributed by atoms with E-state index in [0.717, 1.165) is 22.8 Å². The van der Waals surface area contributed by atoms with Crippen LogP contribution < -0.4 is 10.6 Å². The van der Waals surface area contributed by atoms with Crippen molar-refractivity contribution in [2.45, 2.75) is 26.8 Å². The largest absolute Gasteiger partial charge is 0.464 e. The van der Waals surface area contributed by atoms with Gasteiger partial charge in [0.25, 0.3) is 0 Å². The molecule has 4 heteroatoms. The zero-order chi connectivity index (χ0) is 13.8. The number of amides is 2. The van der Waals surface area contributed by atoms with Crippen molar-refractivity contribution in [3.63, 3.8) is 0 Å². The summed E-state index contributed by atoms with van der Waals surface area (Å²) >= 11 is 0. The van der Waals surface area contributed by atoms with Crippen LogP contribution in [0.4, 0.5) is 10.5 Å². The molecule has 0 fully saturated rings. The number of aryl methyl sites for hydroxylation is 2. The van der Waals surface area contributed by atoms with Crippen LogP contribution in [0.25, 0.3) is 0 Å². The summed E-state index contributed by atoms with van der Waals surface area (Å²) in [5.74, 6) is 1.58. The molecule has 0 unspecified atom stereocenters. The molecule has 0 radical (unpaired) electrons. The summed E-state index contributed by atoms with van der Waals surface area (Å²) in [7, 11) is 0. The van der Waals surface area contributed by atoms with Gasteiger partial charge in [-0.15, -0.1) is 0 Å². The first-order valence-corrected chi connectivity index (χ1v) is 6.25. The van der Waals surface area contributed by atoms with Crippen molar-refractivity contribution in [1.29, 1.82) is 0 Å². The molecule has 0 aliphatic rings. The van der Waals surface area contributed by atoms with Crippen LogP contribution in [-0.2, 0) is 0 Å². The molecule has 1 aromatic heterocycles. The van der Waals surface area contributed by atoms with E-state index in [1.165, 1.54) is 0 Å². The van der Waals surface area contributed by atoms with E-state index in [4.69, 9.17) is 4.42 Å². The Morgan fingerprint density at radius 2 is 1.79 bits per heavy atom. The number of urea groups is 1. The SMILES string of the molecule is Cc1ccc(NC(=O)N[C@H](C)c2ccc(C)o2)cc1. The monoisotopic (exact) mass is 258 g/mol. The van der Waals surface area contributed by atoms with E-state index in [0.29, 0.717) is 0 Å². The Morgan fingerprint density at radius 1 is 1.11 bits per heavy atom. The minimum Gasteiger partial charge on any atom is -0.464 e. The van der Waals surface area contributed by atoms with Crippen LogP contribution in [0.15, 0.2) is 40.8 Å². The van der Waals surface area contributed by atoms with Crippen molar-refractivity contribution in [3.8, 4) is 0 Å². The smallest absolute Gasteiger partial charge is 0.319 e. The highest BCUT2D eigenvalue weighted by Crippen LogP contribution is 2.16. The lowest BCUT2D eigenvalue weighted by atomic mass is 10.2. The molecule has 2 N–H and O–H groups in total. The second-order valence-electron chi connectivity index (χ2n) is 4.63. The molecule has 2 rings (SSSR count). The van der Waals surface area contributed by atoms with E-state index >= 15 is 0 Å². The van der Waals surface area contributed by atoms with Crippen LogP contribution in [0.2, 0.25) is 0 Å². The van der Waals surface area contributed by atoms with Gasteiger partial charge in [0, 0.05) is 5.69 Å². The van der Waals surface area contributed by atoms with Gasteiger partial charge in [0.2, 0.25) is 0 Å². The number of furan rings is 1. The van der Waals surface area contributed by atoms with Crippen LogP contribution in [0.5, 0.6) is 0 Å². The normalized spacial score (nSPS) is 11.9. The standard InChI is InChI=1S/C15H18N2O2/c1-10-4-7-13(8-5-10)17-15(18)16-12(3)14-9-6-11(2)19-14/h4-9,12H,1-3H3,(H2,16,17,18)/t12-/m1/s1. The average molecular weight is 258 g/mol. The highest BCUT2D eigenvalue weighted by molar-refractivity contribution is 5.89. The summed E-state index contributed by atoms with van der Waals surface area (Å²) in [5.41, 5.74) is 1.93. The summed E-state index contributed by atoms with van der Waals surface area (Å²) in [6.45, 7) is 5.76. The van der Waals surface area contributed by atoms with Gasteiger partial charge in [-0.2, -0.15) is 0 Å². The number of carbonyl (C=O) groups is 1. The van der Waals surface area contributed by atoms with Crippen molar-refractivity contribution in [1.82, 2.24) is 5.32 Å². The second kappa shape index (κ2) is 5.61. The predicted molar refractivity (Wildman–Crippen MR) is 75.2 cm³/mol. The summed E-state index contributed by atoms with van der Waals surface area (Å²) in [5, 5.41) is 5.61. The zero-order valence-corrected chi connectivity index (χ0v) is 11.4. The van der Waals surface area contributed by atoms with E-state index < -0.39 is 0 Å². The van der Waals surface area contributed by atoms with E-state index in [1.807, 2.05) is 57.2 Å². The van der Waals surface area contributed by atoms with Gasteiger partial charge in [-0.3, -0.25) is 0 Å². The quantitative estimate of drug-likeness (QED) is 0.880. The average Bonchev–Trinajstić information content (AvgIpc) is 2.79. The number of hydrogen-bond donors (Lipinski definition) is 2. The molecular weight excluding hydrogens is 240 g/mol. The van der Waals surface area contributed by atoms with Gasteiger partial charge in [0.05, 0.1) is 6.04 Å². The van der Waals surface area contributed by atoms with Crippen LogP contribution in [0, 0.1) is 13.8 Å². The Hall–Kier alpha value is -2.23. The van der Waals surface area contributed by atoms with Gasteiger partial charge in [0.1, 0.15) is 11.5 Å². The molecule has 0 spiro atoms. The second-order valence-corrected chi connectivity index (χ2v) is 4.63. The van der Waals surface area contributed by atoms with Crippen LogP contribution >= 0.6 is 0 Å². The Bertz CT molecular complexity index is 558. The molecular formula is C15H18N2O2. The molecule has 100 valence electrons. The maximum Gasteiger partial charge on any atom is 0.319 e. The minimum atomic E-state index is -0.245. The lowest BCUT2D eigenvalue weighted by molar-refractivity contribution is 0.247. The molecule has 1 atom stereocenters. The van der Waals surface area contributed by atoms with Gasteiger partial charge in [-0.1, -0.05) is 17.7 Å². The Morgan fingerprint density at radius 3 is 2.37 bits per heavy atom. The lowest BCUT2D eigenvalue weighted by Crippen LogP contribution is -2.30. The van der Waals surface area contributed by atoms with E-state index in [-0.39, 0.29) is 12.1 Å². The number of nitrogens with one attached hydrogen (secondary N) is 2. The van der Waals surface area contributed by atoms with Gasteiger partial charge in [0.15, 0.2) is 0 Å². The molecule has 0 aliphatic heterocycles. The molecule has 2 amide bonds.